The zero-order valence-corrected chi connectivity index (χ0v) is 13.8. The van der Waals surface area contributed by atoms with E-state index >= 15 is 0 Å². The lowest BCUT2D eigenvalue weighted by Crippen LogP contribution is -2.06. The van der Waals surface area contributed by atoms with E-state index in [0.717, 1.165) is 27.9 Å². The molecule has 0 aliphatic rings. The third-order valence-corrected chi connectivity index (χ3v) is 3.92. The number of nitrogens with one attached hydrogen (secondary N) is 1. The number of ether oxygens (including phenoxy) is 1. The molecule has 6 nitrogen and oxygen atoms in total. The maximum absolute atomic E-state index is 5.08. The highest BCUT2D eigenvalue weighted by molar-refractivity contribution is 7.09. The van der Waals surface area contributed by atoms with Gasteiger partial charge in [-0.05, 0) is 19.1 Å². The molecule has 3 rings (SSSR count). The molecule has 0 bridgehead atoms. The summed E-state index contributed by atoms with van der Waals surface area (Å²) in [4.78, 5) is 17.7. The molecule has 0 fully saturated rings. The first-order valence-electron chi connectivity index (χ1n) is 7.18. The quantitative estimate of drug-likeness (QED) is 0.750. The van der Waals surface area contributed by atoms with Crippen LogP contribution in [-0.4, -0.2) is 27.0 Å². The van der Waals surface area contributed by atoms with Gasteiger partial charge < -0.3 is 10.1 Å². The molecule has 118 valence electrons. The fourth-order valence-electron chi connectivity index (χ4n) is 2.10. The highest BCUT2D eigenvalue weighted by Crippen LogP contribution is 2.20. The first kappa shape index (κ1) is 15.5. The van der Waals surface area contributed by atoms with Crippen molar-refractivity contribution in [2.45, 2.75) is 20.1 Å². The normalized spacial score (nSPS) is 10.7. The minimum Gasteiger partial charge on any atom is -0.377 e. The molecule has 0 aromatic carbocycles. The number of methoxy groups -OCH3 is 1. The molecule has 0 radical (unpaired) electrons. The number of hydrogen-bond donors (Lipinski definition) is 1. The zero-order chi connectivity index (χ0) is 16.1. The van der Waals surface area contributed by atoms with Gasteiger partial charge in [-0.25, -0.2) is 15.0 Å². The SMILES string of the molecule is COCc1nc(C)cc(NCc2nc(-c3ccccn3)cs2)n1. The van der Waals surface area contributed by atoms with Crippen molar-refractivity contribution in [3.8, 4) is 11.4 Å². The number of thiazole rings is 1. The van der Waals surface area contributed by atoms with Crippen LogP contribution < -0.4 is 5.32 Å². The summed E-state index contributed by atoms with van der Waals surface area (Å²) in [5.74, 6) is 1.45. The maximum atomic E-state index is 5.08. The van der Waals surface area contributed by atoms with E-state index in [1.165, 1.54) is 0 Å². The molecule has 0 saturated carbocycles. The van der Waals surface area contributed by atoms with E-state index in [1.54, 1.807) is 24.6 Å². The molecule has 0 atom stereocenters. The van der Waals surface area contributed by atoms with Gasteiger partial charge in [0.15, 0.2) is 5.82 Å². The molecule has 3 heterocycles. The van der Waals surface area contributed by atoms with Gasteiger partial charge in [-0.3, -0.25) is 4.98 Å². The lowest BCUT2D eigenvalue weighted by atomic mass is 10.3. The first-order valence-corrected chi connectivity index (χ1v) is 8.06. The Labute approximate surface area is 138 Å². The second-order valence-electron chi connectivity index (χ2n) is 4.94. The lowest BCUT2D eigenvalue weighted by molar-refractivity contribution is 0.177. The van der Waals surface area contributed by atoms with Crippen LogP contribution in [0.2, 0.25) is 0 Å². The summed E-state index contributed by atoms with van der Waals surface area (Å²) in [6.45, 7) is 2.95. The van der Waals surface area contributed by atoms with Crippen molar-refractivity contribution >= 4 is 17.2 Å². The molecule has 3 aromatic heterocycles. The Hall–Kier alpha value is -2.38. The van der Waals surface area contributed by atoms with Gasteiger partial charge in [0.25, 0.3) is 0 Å². The number of rotatable bonds is 6. The van der Waals surface area contributed by atoms with Crippen molar-refractivity contribution in [1.82, 2.24) is 19.9 Å². The summed E-state index contributed by atoms with van der Waals surface area (Å²) in [6.07, 6.45) is 1.77. The topological polar surface area (TPSA) is 72.8 Å². The number of pyridine rings is 1. The van der Waals surface area contributed by atoms with Crippen LogP contribution in [0.1, 0.15) is 16.5 Å². The molecule has 1 N–H and O–H groups in total. The second kappa shape index (κ2) is 7.26. The van der Waals surface area contributed by atoms with Gasteiger partial charge in [0.05, 0.1) is 17.9 Å². The molecule has 23 heavy (non-hydrogen) atoms. The van der Waals surface area contributed by atoms with Gasteiger partial charge in [-0.15, -0.1) is 11.3 Å². The molecule has 0 aliphatic heterocycles. The minimum atomic E-state index is 0.400. The molecular formula is C16H17N5OS. The van der Waals surface area contributed by atoms with Crippen LogP contribution >= 0.6 is 11.3 Å². The Bertz CT molecular complexity index is 775. The van der Waals surface area contributed by atoms with Gasteiger partial charge in [0.2, 0.25) is 0 Å². The summed E-state index contributed by atoms with van der Waals surface area (Å²) in [6, 6.07) is 7.72. The number of hydrogen-bond acceptors (Lipinski definition) is 7. The number of anilines is 1. The number of aryl methyl sites for hydroxylation is 1. The Morgan fingerprint density at radius 2 is 2.09 bits per heavy atom. The number of aromatic nitrogens is 4. The average molecular weight is 327 g/mol. The van der Waals surface area contributed by atoms with Crippen molar-refractivity contribution in [3.63, 3.8) is 0 Å². The van der Waals surface area contributed by atoms with Crippen molar-refractivity contribution in [1.29, 1.82) is 0 Å². The van der Waals surface area contributed by atoms with E-state index in [1.807, 2.05) is 36.6 Å². The zero-order valence-electron chi connectivity index (χ0n) is 13.0. The molecule has 0 saturated heterocycles. The summed E-state index contributed by atoms with van der Waals surface area (Å²) < 4.78 is 5.08. The third-order valence-electron chi connectivity index (χ3n) is 3.07. The Morgan fingerprint density at radius 1 is 1.17 bits per heavy atom. The molecule has 0 spiro atoms. The van der Waals surface area contributed by atoms with Gasteiger partial charge in [0.1, 0.15) is 17.4 Å². The molecule has 0 amide bonds. The standard InChI is InChI=1S/C16H17N5OS/c1-11-7-14(21-15(19-11)9-22-2)18-8-16-20-13(10-23-16)12-5-3-4-6-17-12/h3-7,10H,8-9H2,1-2H3,(H,18,19,21). The second-order valence-corrected chi connectivity index (χ2v) is 5.88. The highest BCUT2D eigenvalue weighted by Gasteiger charge is 2.07. The van der Waals surface area contributed by atoms with Crippen LogP contribution in [0.4, 0.5) is 5.82 Å². The van der Waals surface area contributed by atoms with Crippen LogP contribution in [0, 0.1) is 6.92 Å². The summed E-state index contributed by atoms with van der Waals surface area (Å²) in [5.41, 5.74) is 2.68. The molecule has 0 unspecified atom stereocenters. The average Bonchev–Trinajstić information content (AvgIpc) is 3.03. The monoisotopic (exact) mass is 327 g/mol. The Kier molecular flexibility index (Phi) is 4.89. The lowest BCUT2D eigenvalue weighted by Gasteiger charge is -2.06. The van der Waals surface area contributed by atoms with Crippen LogP contribution in [-0.2, 0) is 17.9 Å². The predicted octanol–water partition coefficient (Wildman–Crippen LogP) is 3.06. The van der Waals surface area contributed by atoms with Crippen molar-refractivity contribution in [2.75, 3.05) is 12.4 Å². The van der Waals surface area contributed by atoms with Gasteiger partial charge in [0, 0.05) is 30.4 Å². The Balaban J connectivity index is 1.68. The fourth-order valence-corrected chi connectivity index (χ4v) is 2.83. The largest absolute Gasteiger partial charge is 0.377 e. The Morgan fingerprint density at radius 3 is 2.87 bits per heavy atom. The smallest absolute Gasteiger partial charge is 0.156 e. The van der Waals surface area contributed by atoms with Crippen molar-refractivity contribution in [2.24, 2.45) is 0 Å². The van der Waals surface area contributed by atoms with Crippen molar-refractivity contribution < 1.29 is 4.74 Å². The van der Waals surface area contributed by atoms with E-state index in [9.17, 15) is 0 Å². The summed E-state index contributed by atoms with van der Waals surface area (Å²) in [7, 11) is 1.63. The molecule has 0 aliphatic carbocycles. The van der Waals surface area contributed by atoms with E-state index in [0.29, 0.717) is 19.0 Å². The van der Waals surface area contributed by atoms with E-state index < -0.39 is 0 Å². The van der Waals surface area contributed by atoms with Crippen LogP contribution in [0.25, 0.3) is 11.4 Å². The summed E-state index contributed by atoms with van der Waals surface area (Å²) in [5, 5.41) is 6.28. The van der Waals surface area contributed by atoms with Crippen molar-refractivity contribution in [3.05, 3.63) is 52.4 Å². The predicted molar refractivity (Wildman–Crippen MR) is 90.2 cm³/mol. The van der Waals surface area contributed by atoms with E-state index in [4.69, 9.17) is 4.74 Å². The fraction of sp³-hybridized carbons (Fsp3) is 0.250. The number of nitrogens with zero attached hydrogens (tertiary/aromatic N) is 4. The minimum absolute atomic E-state index is 0.400. The maximum Gasteiger partial charge on any atom is 0.156 e. The van der Waals surface area contributed by atoms with Gasteiger partial charge in [-0.2, -0.15) is 0 Å². The molecule has 3 aromatic rings. The third kappa shape index (κ3) is 4.08. The van der Waals surface area contributed by atoms with Crippen LogP contribution in [0.3, 0.4) is 0 Å². The van der Waals surface area contributed by atoms with Gasteiger partial charge in [-0.1, -0.05) is 6.07 Å². The first-order chi connectivity index (χ1) is 11.2. The van der Waals surface area contributed by atoms with E-state index in [-0.39, 0.29) is 0 Å². The molecular weight excluding hydrogens is 310 g/mol. The molecule has 7 heteroatoms. The van der Waals surface area contributed by atoms with E-state index in [2.05, 4.69) is 25.3 Å². The summed E-state index contributed by atoms with van der Waals surface area (Å²) >= 11 is 1.60. The van der Waals surface area contributed by atoms with Gasteiger partial charge >= 0.3 is 0 Å². The highest BCUT2D eigenvalue weighted by atomic mass is 32.1. The van der Waals surface area contributed by atoms with Crippen LogP contribution in [0.5, 0.6) is 0 Å². The van der Waals surface area contributed by atoms with Crippen LogP contribution in [0.15, 0.2) is 35.8 Å².